The van der Waals surface area contributed by atoms with Crippen LogP contribution in [0.4, 0.5) is 10.1 Å². The van der Waals surface area contributed by atoms with Crippen molar-refractivity contribution in [2.45, 2.75) is 32.1 Å². The first kappa shape index (κ1) is 19.2. The van der Waals surface area contributed by atoms with Crippen molar-refractivity contribution in [1.29, 1.82) is 0 Å². The van der Waals surface area contributed by atoms with E-state index in [4.69, 9.17) is 4.42 Å². The molecule has 0 spiro atoms. The molecule has 0 N–H and O–H groups in total. The topological polar surface area (TPSA) is 59.2 Å². The van der Waals surface area contributed by atoms with Gasteiger partial charge in [0, 0.05) is 33.6 Å². The van der Waals surface area contributed by atoms with Gasteiger partial charge in [-0.3, -0.25) is 4.79 Å². The highest BCUT2D eigenvalue weighted by Crippen LogP contribution is 2.43. The summed E-state index contributed by atoms with van der Waals surface area (Å²) in [6.45, 7) is 2.09. The van der Waals surface area contributed by atoms with E-state index in [1.54, 1.807) is 24.0 Å². The number of hydrogen-bond donors (Lipinski definition) is 0. The Morgan fingerprint density at radius 3 is 2.77 bits per heavy atom. The third-order valence-electron chi connectivity index (χ3n) is 5.57. The van der Waals surface area contributed by atoms with Gasteiger partial charge in [0.1, 0.15) is 5.82 Å². The molecule has 0 unspecified atom stereocenters. The predicted molar refractivity (Wildman–Crippen MR) is 116 cm³/mol. The van der Waals surface area contributed by atoms with E-state index in [2.05, 4.69) is 26.1 Å². The van der Waals surface area contributed by atoms with Crippen molar-refractivity contribution in [3.63, 3.8) is 0 Å². The predicted octanol–water partition coefficient (Wildman–Crippen LogP) is 5.71. The summed E-state index contributed by atoms with van der Waals surface area (Å²) in [5.41, 5.74) is 3.32. The average molecular weight is 468 g/mol. The van der Waals surface area contributed by atoms with Crippen molar-refractivity contribution >= 4 is 37.6 Å². The molecule has 2 aromatic carbocycles. The first-order valence-electron chi connectivity index (χ1n) is 9.93. The molecule has 1 amide bonds. The van der Waals surface area contributed by atoms with Crippen LogP contribution in [0.25, 0.3) is 10.1 Å². The number of rotatable bonds is 3. The Morgan fingerprint density at radius 1 is 1.20 bits per heavy atom. The standard InChI is InChI=1S/C23H19BrFN3O2/c1-13-6-7-15(12-18(13)25)23(29)28-11-10-17(20(24)16-4-2-3-5-19(16)28)22-27-26-21(30-22)14-8-9-14/h2-7,12,14H,8-11H2,1H3. The highest BCUT2D eigenvalue weighted by Gasteiger charge is 2.32. The van der Waals surface area contributed by atoms with Gasteiger partial charge in [0.05, 0.1) is 5.69 Å². The van der Waals surface area contributed by atoms with Gasteiger partial charge in [0.15, 0.2) is 0 Å². The van der Waals surface area contributed by atoms with Crippen LogP contribution in [0.1, 0.15) is 58.4 Å². The van der Waals surface area contributed by atoms with Crippen LogP contribution in [0.5, 0.6) is 0 Å². The summed E-state index contributed by atoms with van der Waals surface area (Å²) in [4.78, 5) is 15.0. The highest BCUT2D eigenvalue weighted by atomic mass is 79.9. The number of carbonyl (C=O) groups excluding carboxylic acids is 1. The van der Waals surface area contributed by atoms with Gasteiger partial charge in [-0.1, -0.05) is 24.3 Å². The lowest BCUT2D eigenvalue weighted by molar-refractivity contribution is 0.0987. The Morgan fingerprint density at radius 2 is 2.00 bits per heavy atom. The van der Waals surface area contributed by atoms with Gasteiger partial charge < -0.3 is 9.32 Å². The molecule has 0 radical (unpaired) electrons. The first-order chi connectivity index (χ1) is 14.5. The van der Waals surface area contributed by atoms with Gasteiger partial charge in [-0.15, -0.1) is 10.2 Å². The lowest BCUT2D eigenvalue weighted by Crippen LogP contribution is -2.32. The molecule has 3 aromatic rings. The molecule has 5 nitrogen and oxygen atoms in total. The normalized spacial score (nSPS) is 16.4. The smallest absolute Gasteiger partial charge is 0.258 e. The second-order valence-corrected chi connectivity index (χ2v) is 8.49. The molecule has 2 aliphatic rings. The number of nitrogens with zero attached hydrogens (tertiary/aromatic N) is 3. The zero-order valence-corrected chi connectivity index (χ0v) is 17.9. The van der Waals surface area contributed by atoms with Crippen molar-refractivity contribution in [3.8, 4) is 0 Å². The highest BCUT2D eigenvalue weighted by molar-refractivity contribution is 9.15. The summed E-state index contributed by atoms with van der Waals surface area (Å²) >= 11 is 3.71. The fourth-order valence-corrected chi connectivity index (χ4v) is 4.36. The van der Waals surface area contributed by atoms with Crippen LogP contribution in [0.2, 0.25) is 0 Å². The van der Waals surface area contributed by atoms with Crippen molar-refractivity contribution in [3.05, 3.63) is 76.8 Å². The maximum absolute atomic E-state index is 14.1. The number of amides is 1. The number of aromatic nitrogens is 2. The van der Waals surface area contributed by atoms with Crippen molar-refractivity contribution in [1.82, 2.24) is 10.2 Å². The molecule has 1 fully saturated rings. The molecular weight excluding hydrogens is 449 g/mol. The van der Waals surface area contributed by atoms with Gasteiger partial charge in [0.25, 0.3) is 5.91 Å². The Bertz CT molecular complexity index is 1180. The van der Waals surface area contributed by atoms with Crippen molar-refractivity contribution in [2.75, 3.05) is 11.4 Å². The number of halogens is 2. The van der Waals surface area contributed by atoms with Crippen molar-refractivity contribution in [2.24, 2.45) is 0 Å². The Kier molecular flexibility index (Phi) is 4.77. The van der Waals surface area contributed by atoms with E-state index in [0.717, 1.165) is 34.1 Å². The molecule has 1 saturated carbocycles. The number of fused-ring (bicyclic) bond motifs is 1. The second-order valence-electron chi connectivity index (χ2n) is 7.70. The number of benzene rings is 2. The summed E-state index contributed by atoms with van der Waals surface area (Å²) < 4.78 is 20.8. The summed E-state index contributed by atoms with van der Waals surface area (Å²) in [6, 6.07) is 12.2. The second kappa shape index (κ2) is 7.47. The number of hydrogen-bond acceptors (Lipinski definition) is 4. The molecule has 2 heterocycles. The summed E-state index contributed by atoms with van der Waals surface area (Å²) in [5, 5.41) is 8.46. The first-order valence-corrected chi connectivity index (χ1v) is 10.7. The Balaban J connectivity index is 1.54. The molecule has 0 atom stereocenters. The van der Waals surface area contributed by atoms with Gasteiger partial charge in [-0.05, 0) is 65.9 Å². The zero-order valence-electron chi connectivity index (χ0n) is 16.4. The number of carbonyl (C=O) groups is 1. The van der Waals surface area contributed by atoms with Gasteiger partial charge in [-0.25, -0.2) is 4.39 Å². The molecule has 1 aromatic heterocycles. The van der Waals surface area contributed by atoms with Crippen LogP contribution >= 0.6 is 15.9 Å². The van der Waals surface area contributed by atoms with Gasteiger partial charge >= 0.3 is 0 Å². The third-order valence-corrected chi connectivity index (χ3v) is 6.48. The quantitative estimate of drug-likeness (QED) is 0.494. The number of para-hydroxylation sites is 1. The fourth-order valence-electron chi connectivity index (χ4n) is 3.66. The lowest BCUT2D eigenvalue weighted by Gasteiger charge is -2.23. The van der Waals surface area contributed by atoms with E-state index in [1.807, 2.05) is 24.3 Å². The average Bonchev–Trinajstić information content (AvgIpc) is 3.52. The molecule has 0 saturated heterocycles. The minimum atomic E-state index is -0.387. The molecule has 5 rings (SSSR count). The largest absolute Gasteiger partial charge is 0.421 e. The van der Waals surface area contributed by atoms with Crippen LogP contribution in [-0.2, 0) is 0 Å². The number of aryl methyl sites for hydroxylation is 1. The van der Waals surface area contributed by atoms with Crippen LogP contribution < -0.4 is 4.90 Å². The molecule has 7 heteroatoms. The van der Waals surface area contributed by atoms with E-state index in [0.29, 0.717) is 41.8 Å². The third kappa shape index (κ3) is 3.37. The molecule has 1 aliphatic heterocycles. The Labute approximate surface area is 181 Å². The summed E-state index contributed by atoms with van der Waals surface area (Å²) in [6.07, 6.45) is 2.70. The molecular formula is C23H19BrFN3O2. The van der Waals surface area contributed by atoms with Crippen LogP contribution in [0, 0.1) is 12.7 Å². The monoisotopic (exact) mass is 467 g/mol. The summed E-state index contributed by atoms with van der Waals surface area (Å²) in [7, 11) is 0. The van der Waals surface area contributed by atoms with E-state index >= 15 is 0 Å². The Hall–Kier alpha value is -2.80. The van der Waals surface area contributed by atoms with Crippen LogP contribution in [0.3, 0.4) is 0 Å². The minimum absolute atomic E-state index is 0.243. The van der Waals surface area contributed by atoms with E-state index < -0.39 is 0 Å². The molecule has 152 valence electrons. The maximum Gasteiger partial charge on any atom is 0.258 e. The van der Waals surface area contributed by atoms with E-state index in [-0.39, 0.29) is 11.7 Å². The minimum Gasteiger partial charge on any atom is -0.421 e. The molecule has 30 heavy (non-hydrogen) atoms. The van der Waals surface area contributed by atoms with Gasteiger partial charge in [0.2, 0.25) is 11.8 Å². The van der Waals surface area contributed by atoms with Crippen molar-refractivity contribution < 1.29 is 13.6 Å². The molecule has 1 aliphatic carbocycles. The van der Waals surface area contributed by atoms with Crippen LogP contribution in [0.15, 0.2) is 46.9 Å². The SMILES string of the molecule is Cc1ccc(C(=O)N2CCC(c3nnc(C4CC4)o3)=C(Br)c3ccccc32)cc1F. The molecule has 0 bridgehead atoms. The lowest BCUT2D eigenvalue weighted by atomic mass is 10.1. The van der Waals surface area contributed by atoms with Crippen LogP contribution in [-0.4, -0.2) is 22.6 Å². The maximum atomic E-state index is 14.1. The fraction of sp³-hybridized carbons (Fsp3) is 0.261. The van der Waals surface area contributed by atoms with Gasteiger partial charge in [-0.2, -0.15) is 0 Å². The number of anilines is 1. The summed E-state index contributed by atoms with van der Waals surface area (Å²) in [5.74, 6) is 0.903. The van der Waals surface area contributed by atoms with E-state index in [1.165, 1.54) is 6.07 Å². The van der Waals surface area contributed by atoms with E-state index in [9.17, 15) is 9.18 Å². The zero-order chi connectivity index (χ0) is 20.8.